The number of nitrogens with zero attached hydrogens (tertiary/aromatic N) is 3. The number of hydrogen-bond acceptors (Lipinski definition) is 4. The molecule has 0 amide bonds. The van der Waals surface area contributed by atoms with E-state index in [0.717, 1.165) is 23.7 Å². The molecule has 0 saturated heterocycles. The van der Waals surface area contributed by atoms with Gasteiger partial charge in [0.1, 0.15) is 12.2 Å². The first-order chi connectivity index (χ1) is 8.46. The van der Waals surface area contributed by atoms with Crippen molar-refractivity contribution in [2.24, 2.45) is 0 Å². The van der Waals surface area contributed by atoms with Gasteiger partial charge in [0, 0.05) is 20.4 Å². The molecule has 2 rings (SSSR count). The van der Waals surface area contributed by atoms with Crippen LogP contribution in [0.15, 0.2) is 18.2 Å². The molecule has 2 aromatic rings. The maximum atomic E-state index is 5.70. The van der Waals surface area contributed by atoms with Gasteiger partial charge in [-0.2, -0.15) is 0 Å². The highest BCUT2D eigenvalue weighted by molar-refractivity contribution is 6.76. The van der Waals surface area contributed by atoms with Crippen molar-refractivity contribution >= 4 is 24.8 Å². The van der Waals surface area contributed by atoms with E-state index in [2.05, 4.69) is 30.0 Å². The monoisotopic (exact) mass is 264 g/mol. The van der Waals surface area contributed by atoms with Gasteiger partial charge in [-0.05, 0) is 24.2 Å². The first-order valence-corrected chi connectivity index (χ1v) is 9.83. The van der Waals surface area contributed by atoms with Crippen LogP contribution >= 0.6 is 0 Å². The van der Waals surface area contributed by atoms with E-state index in [1.807, 2.05) is 18.2 Å². The predicted octanol–water partition coefficient (Wildman–Crippen LogP) is 2.33. The van der Waals surface area contributed by atoms with Crippen molar-refractivity contribution in [2.45, 2.75) is 32.4 Å². The zero-order valence-electron chi connectivity index (χ0n) is 11.2. The highest BCUT2D eigenvalue weighted by atomic mass is 28.3. The average Bonchev–Trinajstić information content (AvgIpc) is 2.65. The van der Waals surface area contributed by atoms with Crippen LogP contribution in [0.2, 0.25) is 25.7 Å². The molecule has 18 heavy (non-hydrogen) atoms. The van der Waals surface area contributed by atoms with Crippen molar-refractivity contribution in [3.05, 3.63) is 18.2 Å². The number of nitrogens with two attached hydrogens (primary N) is 1. The fourth-order valence-corrected chi connectivity index (χ4v) is 2.37. The van der Waals surface area contributed by atoms with Gasteiger partial charge in [0.2, 0.25) is 0 Å². The summed E-state index contributed by atoms with van der Waals surface area (Å²) in [6.07, 6.45) is 0. The summed E-state index contributed by atoms with van der Waals surface area (Å²) in [7, 11) is -1.03. The van der Waals surface area contributed by atoms with Gasteiger partial charge < -0.3 is 10.5 Å². The molecule has 0 spiro atoms. The molecule has 0 aliphatic rings. The first kappa shape index (κ1) is 13.0. The van der Waals surface area contributed by atoms with Gasteiger partial charge in [-0.25, -0.2) is 4.68 Å². The molecule has 6 heteroatoms. The molecule has 0 saturated carbocycles. The van der Waals surface area contributed by atoms with Gasteiger partial charge >= 0.3 is 0 Å². The Labute approximate surface area is 108 Å². The van der Waals surface area contributed by atoms with E-state index in [1.54, 1.807) is 4.68 Å². The number of fused-ring (bicyclic) bond motifs is 1. The third-order valence-corrected chi connectivity index (χ3v) is 4.45. The van der Waals surface area contributed by atoms with E-state index in [0.29, 0.717) is 12.4 Å². The van der Waals surface area contributed by atoms with E-state index >= 15 is 0 Å². The van der Waals surface area contributed by atoms with Crippen LogP contribution in [0, 0.1) is 0 Å². The van der Waals surface area contributed by atoms with Crippen molar-refractivity contribution in [3.63, 3.8) is 0 Å². The fourth-order valence-electron chi connectivity index (χ4n) is 1.61. The lowest BCUT2D eigenvalue weighted by molar-refractivity contribution is 0.0803. The smallest absolute Gasteiger partial charge is 0.141 e. The number of rotatable bonds is 5. The fraction of sp³-hybridized carbons (Fsp3) is 0.500. The van der Waals surface area contributed by atoms with Gasteiger partial charge in [-0.1, -0.05) is 24.9 Å². The zero-order valence-corrected chi connectivity index (χ0v) is 12.2. The molecule has 1 aromatic heterocycles. The third kappa shape index (κ3) is 3.30. The Morgan fingerprint density at radius 2 is 2.11 bits per heavy atom. The molecule has 0 fully saturated rings. The third-order valence-electron chi connectivity index (χ3n) is 2.75. The predicted molar refractivity (Wildman–Crippen MR) is 76.0 cm³/mol. The van der Waals surface area contributed by atoms with Crippen LogP contribution < -0.4 is 5.73 Å². The van der Waals surface area contributed by atoms with Crippen molar-refractivity contribution in [3.8, 4) is 0 Å². The molecule has 2 N–H and O–H groups in total. The Balaban J connectivity index is 1.96. The van der Waals surface area contributed by atoms with E-state index in [-0.39, 0.29) is 0 Å². The summed E-state index contributed by atoms with van der Waals surface area (Å²) in [6.45, 7) is 8.24. The average molecular weight is 264 g/mol. The summed E-state index contributed by atoms with van der Waals surface area (Å²) in [5.74, 6) is 0. The second-order valence-corrected chi connectivity index (χ2v) is 11.3. The summed E-state index contributed by atoms with van der Waals surface area (Å²) >= 11 is 0. The second-order valence-electron chi connectivity index (χ2n) is 5.69. The van der Waals surface area contributed by atoms with Crippen molar-refractivity contribution in [2.75, 3.05) is 12.3 Å². The van der Waals surface area contributed by atoms with Crippen molar-refractivity contribution < 1.29 is 4.74 Å². The second kappa shape index (κ2) is 5.07. The van der Waals surface area contributed by atoms with Gasteiger partial charge in [-0.3, -0.25) is 0 Å². The highest BCUT2D eigenvalue weighted by Gasteiger charge is 2.12. The summed E-state index contributed by atoms with van der Waals surface area (Å²) in [5.41, 5.74) is 8.17. The Kier molecular flexibility index (Phi) is 3.67. The molecular formula is C12H20N4OSi. The van der Waals surface area contributed by atoms with E-state index in [1.165, 1.54) is 0 Å². The summed E-state index contributed by atoms with van der Waals surface area (Å²) in [4.78, 5) is 0. The van der Waals surface area contributed by atoms with Gasteiger partial charge in [0.25, 0.3) is 0 Å². The normalized spacial score (nSPS) is 12.2. The lowest BCUT2D eigenvalue weighted by Gasteiger charge is -2.15. The minimum atomic E-state index is -1.03. The Morgan fingerprint density at radius 1 is 1.33 bits per heavy atom. The lowest BCUT2D eigenvalue weighted by Crippen LogP contribution is -2.22. The number of nitrogen functional groups attached to an aromatic ring is 1. The SMILES string of the molecule is C[Si](C)(C)CCOCn1nnc2cc(N)ccc21. The number of anilines is 1. The van der Waals surface area contributed by atoms with E-state index in [9.17, 15) is 0 Å². The molecule has 98 valence electrons. The van der Waals surface area contributed by atoms with Crippen molar-refractivity contribution in [1.29, 1.82) is 0 Å². The highest BCUT2D eigenvalue weighted by Crippen LogP contribution is 2.14. The lowest BCUT2D eigenvalue weighted by atomic mass is 10.3. The van der Waals surface area contributed by atoms with Crippen LogP contribution in [0.3, 0.4) is 0 Å². The van der Waals surface area contributed by atoms with Gasteiger partial charge in [-0.15, -0.1) is 5.10 Å². The summed E-state index contributed by atoms with van der Waals surface area (Å²) in [5, 5.41) is 8.14. The molecule has 1 heterocycles. The van der Waals surface area contributed by atoms with E-state index in [4.69, 9.17) is 10.5 Å². The molecular weight excluding hydrogens is 244 g/mol. The van der Waals surface area contributed by atoms with Crippen LogP contribution in [0.4, 0.5) is 5.69 Å². The molecule has 0 unspecified atom stereocenters. The minimum Gasteiger partial charge on any atom is -0.399 e. The first-order valence-electron chi connectivity index (χ1n) is 6.12. The largest absolute Gasteiger partial charge is 0.399 e. The number of ether oxygens (including phenoxy) is 1. The van der Waals surface area contributed by atoms with Crippen LogP contribution in [-0.4, -0.2) is 29.7 Å². The van der Waals surface area contributed by atoms with Gasteiger partial charge in [0.15, 0.2) is 0 Å². The number of hydrogen-bond donors (Lipinski definition) is 1. The molecule has 0 aliphatic heterocycles. The quantitative estimate of drug-likeness (QED) is 0.511. The molecule has 1 aromatic carbocycles. The number of benzene rings is 1. The Hall–Kier alpha value is -1.40. The topological polar surface area (TPSA) is 66.0 Å². The molecule has 0 bridgehead atoms. The van der Waals surface area contributed by atoms with Crippen LogP contribution in [0.25, 0.3) is 11.0 Å². The molecule has 5 nitrogen and oxygen atoms in total. The Bertz CT molecular complexity index is 532. The van der Waals surface area contributed by atoms with Crippen LogP contribution in [0.1, 0.15) is 0 Å². The molecule has 0 atom stereocenters. The summed E-state index contributed by atoms with van der Waals surface area (Å²) < 4.78 is 7.42. The van der Waals surface area contributed by atoms with Crippen LogP contribution in [0.5, 0.6) is 0 Å². The van der Waals surface area contributed by atoms with Gasteiger partial charge in [0.05, 0.1) is 5.52 Å². The number of aromatic nitrogens is 3. The zero-order chi connectivity index (χ0) is 13.2. The van der Waals surface area contributed by atoms with E-state index < -0.39 is 8.07 Å². The Morgan fingerprint density at radius 3 is 2.83 bits per heavy atom. The molecule has 0 aliphatic carbocycles. The van der Waals surface area contributed by atoms with Crippen molar-refractivity contribution in [1.82, 2.24) is 15.0 Å². The standard InChI is InChI=1S/C12H20N4OSi/c1-18(2,3)7-6-17-9-16-12-5-4-10(13)8-11(12)14-15-16/h4-5,8H,6-7,9,13H2,1-3H3. The summed E-state index contributed by atoms with van der Waals surface area (Å²) in [6, 6.07) is 6.75. The minimum absolute atomic E-state index is 0.449. The van der Waals surface area contributed by atoms with Crippen LogP contribution in [-0.2, 0) is 11.5 Å². The maximum absolute atomic E-state index is 5.70. The molecule has 0 radical (unpaired) electrons. The maximum Gasteiger partial charge on any atom is 0.141 e.